The number of rotatable bonds is 1. The Labute approximate surface area is 107 Å². The number of aryl methyl sites for hydroxylation is 1. The monoisotopic (exact) mass is 252 g/mol. The summed E-state index contributed by atoms with van der Waals surface area (Å²) in [5.74, 6) is 1.01. The highest BCUT2D eigenvalue weighted by Crippen LogP contribution is 2.26. The van der Waals surface area contributed by atoms with Crippen LogP contribution in [0.1, 0.15) is 18.4 Å². The summed E-state index contributed by atoms with van der Waals surface area (Å²) in [4.78, 5) is 13.3. The van der Waals surface area contributed by atoms with E-state index in [0.717, 1.165) is 31.0 Å². The van der Waals surface area contributed by atoms with Crippen molar-refractivity contribution >= 4 is 17.4 Å². The van der Waals surface area contributed by atoms with Crippen LogP contribution in [0.2, 0.25) is 5.28 Å². The molecular formula is C12H17ClN4. The molecule has 0 spiro atoms. The zero-order valence-corrected chi connectivity index (χ0v) is 10.8. The Kier molecular flexibility index (Phi) is 2.92. The minimum Gasteiger partial charge on any atom is -0.353 e. The van der Waals surface area contributed by atoms with Gasteiger partial charge in [0.15, 0.2) is 0 Å². The van der Waals surface area contributed by atoms with Gasteiger partial charge in [0.1, 0.15) is 5.82 Å². The van der Waals surface area contributed by atoms with Gasteiger partial charge in [0.05, 0.1) is 0 Å². The minimum absolute atomic E-state index is 0.347. The maximum atomic E-state index is 5.89. The van der Waals surface area contributed by atoms with Crippen molar-refractivity contribution in [2.24, 2.45) is 0 Å². The van der Waals surface area contributed by atoms with Gasteiger partial charge in [-0.1, -0.05) is 0 Å². The highest BCUT2D eigenvalue weighted by molar-refractivity contribution is 6.28. The Morgan fingerprint density at radius 2 is 2.24 bits per heavy atom. The van der Waals surface area contributed by atoms with E-state index in [1.54, 1.807) is 0 Å². The first-order chi connectivity index (χ1) is 8.24. The molecule has 0 radical (unpaired) electrons. The first-order valence-electron chi connectivity index (χ1n) is 6.22. The van der Waals surface area contributed by atoms with Gasteiger partial charge in [-0.2, -0.15) is 0 Å². The standard InChI is InChI=1S/C12H17ClN4/c1-9-7-14-12(13)15-11(9)17-6-5-16-4-2-3-10(16)8-17/h7,10H,2-6,8H2,1H3. The lowest BCUT2D eigenvalue weighted by atomic mass is 10.1. The van der Waals surface area contributed by atoms with E-state index in [1.165, 1.54) is 19.4 Å². The number of halogens is 1. The molecule has 3 rings (SSSR count). The average Bonchev–Trinajstić information content (AvgIpc) is 2.79. The van der Waals surface area contributed by atoms with Gasteiger partial charge in [0.2, 0.25) is 5.28 Å². The highest BCUT2D eigenvalue weighted by atomic mass is 35.5. The number of nitrogens with zero attached hydrogens (tertiary/aromatic N) is 4. The fourth-order valence-electron chi connectivity index (χ4n) is 2.92. The molecule has 1 atom stereocenters. The van der Waals surface area contributed by atoms with E-state index >= 15 is 0 Å². The largest absolute Gasteiger partial charge is 0.353 e. The fourth-order valence-corrected chi connectivity index (χ4v) is 3.04. The molecule has 2 saturated heterocycles. The van der Waals surface area contributed by atoms with E-state index in [4.69, 9.17) is 11.6 Å². The quantitative estimate of drug-likeness (QED) is 0.713. The number of anilines is 1. The van der Waals surface area contributed by atoms with Crippen LogP contribution < -0.4 is 4.90 Å². The second-order valence-corrected chi connectivity index (χ2v) is 5.26. The number of hydrogen-bond donors (Lipinski definition) is 0. The van der Waals surface area contributed by atoms with Crippen molar-refractivity contribution in [3.8, 4) is 0 Å². The van der Waals surface area contributed by atoms with Crippen molar-refractivity contribution in [2.75, 3.05) is 31.1 Å². The van der Waals surface area contributed by atoms with E-state index < -0.39 is 0 Å². The molecule has 0 N–H and O–H groups in total. The van der Waals surface area contributed by atoms with E-state index in [2.05, 4.69) is 19.8 Å². The van der Waals surface area contributed by atoms with Crippen LogP contribution in [0.5, 0.6) is 0 Å². The van der Waals surface area contributed by atoms with E-state index in [1.807, 2.05) is 13.1 Å². The van der Waals surface area contributed by atoms with Crippen molar-refractivity contribution in [1.29, 1.82) is 0 Å². The molecule has 1 unspecified atom stereocenters. The zero-order chi connectivity index (χ0) is 11.8. The lowest BCUT2D eigenvalue weighted by molar-refractivity contribution is 0.230. The smallest absolute Gasteiger partial charge is 0.224 e. The molecule has 2 fully saturated rings. The first-order valence-corrected chi connectivity index (χ1v) is 6.60. The third kappa shape index (κ3) is 2.11. The molecule has 3 heterocycles. The predicted molar refractivity (Wildman–Crippen MR) is 68.6 cm³/mol. The Balaban J connectivity index is 1.82. The molecule has 0 bridgehead atoms. The maximum absolute atomic E-state index is 5.89. The van der Waals surface area contributed by atoms with Gasteiger partial charge in [0.25, 0.3) is 0 Å². The third-order valence-corrected chi connectivity index (χ3v) is 3.98. The van der Waals surface area contributed by atoms with Crippen molar-refractivity contribution < 1.29 is 0 Å². The number of hydrogen-bond acceptors (Lipinski definition) is 4. The topological polar surface area (TPSA) is 32.3 Å². The van der Waals surface area contributed by atoms with E-state index in [9.17, 15) is 0 Å². The second kappa shape index (κ2) is 4.42. The van der Waals surface area contributed by atoms with Gasteiger partial charge in [-0.05, 0) is 37.9 Å². The van der Waals surface area contributed by atoms with Gasteiger partial charge in [0, 0.05) is 37.4 Å². The molecule has 0 aliphatic carbocycles. The van der Waals surface area contributed by atoms with Gasteiger partial charge >= 0.3 is 0 Å². The summed E-state index contributed by atoms with van der Waals surface area (Å²) >= 11 is 5.89. The number of piperazine rings is 1. The second-order valence-electron chi connectivity index (χ2n) is 4.92. The Bertz CT molecular complexity index is 423. The molecule has 17 heavy (non-hydrogen) atoms. The highest BCUT2D eigenvalue weighted by Gasteiger charge is 2.31. The molecule has 92 valence electrons. The molecule has 5 heteroatoms. The zero-order valence-electron chi connectivity index (χ0n) is 10.1. The number of fused-ring (bicyclic) bond motifs is 1. The third-order valence-electron chi connectivity index (χ3n) is 3.80. The van der Waals surface area contributed by atoms with E-state index in [0.29, 0.717) is 11.3 Å². The molecule has 0 saturated carbocycles. The lowest BCUT2D eigenvalue weighted by Crippen LogP contribution is -2.50. The van der Waals surface area contributed by atoms with Crippen LogP contribution in [0.15, 0.2) is 6.20 Å². The molecule has 0 amide bonds. The normalized spacial score (nSPS) is 25.1. The average molecular weight is 253 g/mol. The van der Waals surface area contributed by atoms with Crippen LogP contribution in [-0.2, 0) is 0 Å². The molecule has 4 nitrogen and oxygen atoms in total. The Morgan fingerprint density at radius 3 is 3.12 bits per heavy atom. The Morgan fingerprint density at radius 1 is 1.35 bits per heavy atom. The van der Waals surface area contributed by atoms with Crippen LogP contribution in [0, 0.1) is 6.92 Å². The Hall–Kier alpha value is -0.870. The van der Waals surface area contributed by atoms with Gasteiger partial charge in [-0.3, -0.25) is 4.90 Å². The van der Waals surface area contributed by atoms with Crippen molar-refractivity contribution in [2.45, 2.75) is 25.8 Å². The molecule has 2 aliphatic heterocycles. The van der Waals surface area contributed by atoms with Crippen LogP contribution in [0.4, 0.5) is 5.82 Å². The van der Waals surface area contributed by atoms with Gasteiger partial charge < -0.3 is 4.90 Å². The fraction of sp³-hybridized carbons (Fsp3) is 0.667. The summed E-state index contributed by atoms with van der Waals surface area (Å²) in [5, 5.41) is 0.347. The lowest BCUT2D eigenvalue weighted by Gasteiger charge is -2.38. The van der Waals surface area contributed by atoms with E-state index in [-0.39, 0.29) is 0 Å². The van der Waals surface area contributed by atoms with Crippen LogP contribution in [0.3, 0.4) is 0 Å². The summed E-state index contributed by atoms with van der Waals surface area (Å²) in [6, 6.07) is 0.705. The summed E-state index contributed by atoms with van der Waals surface area (Å²) < 4.78 is 0. The predicted octanol–water partition coefficient (Wildman–Crippen LogP) is 1.72. The molecule has 1 aromatic heterocycles. The molecule has 1 aromatic rings. The van der Waals surface area contributed by atoms with Crippen LogP contribution in [0.25, 0.3) is 0 Å². The summed E-state index contributed by atoms with van der Waals surface area (Å²) in [5.41, 5.74) is 1.11. The van der Waals surface area contributed by atoms with Crippen molar-refractivity contribution in [3.63, 3.8) is 0 Å². The van der Waals surface area contributed by atoms with Gasteiger partial charge in [-0.15, -0.1) is 0 Å². The van der Waals surface area contributed by atoms with Crippen LogP contribution in [-0.4, -0.2) is 47.1 Å². The maximum Gasteiger partial charge on any atom is 0.224 e. The molecule has 0 aromatic carbocycles. The van der Waals surface area contributed by atoms with Gasteiger partial charge in [-0.25, -0.2) is 9.97 Å². The minimum atomic E-state index is 0.347. The molecule has 2 aliphatic rings. The van der Waals surface area contributed by atoms with Crippen molar-refractivity contribution in [1.82, 2.24) is 14.9 Å². The van der Waals surface area contributed by atoms with Crippen molar-refractivity contribution in [3.05, 3.63) is 17.0 Å². The molecular weight excluding hydrogens is 236 g/mol. The first kappa shape index (κ1) is 11.2. The van der Waals surface area contributed by atoms with Crippen LogP contribution >= 0.6 is 11.6 Å². The summed E-state index contributed by atoms with van der Waals surface area (Å²) in [6.07, 6.45) is 4.46. The SMILES string of the molecule is Cc1cnc(Cl)nc1N1CCN2CCCC2C1. The summed E-state index contributed by atoms with van der Waals surface area (Å²) in [7, 11) is 0. The number of aromatic nitrogens is 2. The summed E-state index contributed by atoms with van der Waals surface area (Å²) in [6.45, 7) is 6.58.